The van der Waals surface area contributed by atoms with E-state index in [-0.39, 0.29) is 52.1 Å². The summed E-state index contributed by atoms with van der Waals surface area (Å²) < 4.78 is 18.8. The zero-order chi connectivity index (χ0) is 16.8. The number of rotatable bonds is 11. The van der Waals surface area contributed by atoms with Gasteiger partial charge < -0.3 is 18.9 Å². The molecule has 0 aromatic rings. The third-order valence-electron chi connectivity index (χ3n) is 2.28. The van der Waals surface area contributed by atoms with Gasteiger partial charge in [0.05, 0.1) is 38.9 Å². The van der Waals surface area contributed by atoms with Crippen molar-refractivity contribution in [3.05, 3.63) is 0 Å². The molecule has 0 unspecified atom stereocenters. The van der Waals surface area contributed by atoms with Crippen LogP contribution in [0.4, 0.5) is 0 Å². The monoisotopic (exact) mass is 318 g/mol. The third kappa shape index (κ3) is 11.7. The highest BCUT2D eigenvalue weighted by molar-refractivity contribution is 5.78. The highest BCUT2D eigenvalue weighted by atomic mass is 16.6. The molecule has 0 aliphatic heterocycles. The maximum absolute atomic E-state index is 11.3. The van der Waals surface area contributed by atoms with Crippen LogP contribution in [-0.4, -0.2) is 50.3 Å². The Morgan fingerprint density at radius 2 is 0.864 bits per heavy atom. The number of ether oxygens (including phenoxy) is 4. The van der Waals surface area contributed by atoms with E-state index in [0.29, 0.717) is 0 Å². The summed E-state index contributed by atoms with van der Waals surface area (Å²) in [5.74, 6) is -2.11. The lowest BCUT2D eigenvalue weighted by atomic mass is 10.3. The Balaban J connectivity index is 3.62. The first kappa shape index (κ1) is 19.9. The van der Waals surface area contributed by atoms with E-state index in [2.05, 4.69) is 9.47 Å². The summed E-state index contributed by atoms with van der Waals surface area (Å²) in [5, 5.41) is 0. The molecule has 8 nitrogen and oxygen atoms in total. The maximum Gasteiger partial charge on any atom is 0.309 e. The molecule has 126 valence electrons. The molecule has 0 fully saturated rings. The summed E-state index contributed by atoms with van der Waals surface area (Å²) in [5.41, 5.74) is 0. The fourth-order valence-electron chi connectivity index (χ4n) is 1.31. The zero-order valence-corrected chi connectivity index (χ0v) is 12.9. The molecule has 0 aromatic heterocycles. The molecule has 0 aliphatic carbocycles. The second-order valence-electron chi connectivity index (χ2n) is 4.05. The predicted molar refractivity (Wildman–Crippen MR) is 73.7 cm³/mol. The predicted octanol–water partition coefficient (Wildman–Crippen LogP) is 0.759. The van der Waals surface area contributed by atoms with Crippen LogP contribution in [0.3, 0.4) is 0 Å². The first-order chi connectivity index (χ1) is 10.5. The fraction of sp³-hybridized carbons (Fsp3) is 0.714. The molecule has 0 spiro atoms. The molecule has 8 heteroatoms. The Morgan fingerprint density at radius 3 is 1.18 bits per heavy atom. The minimum atomic E-state index is -0.605. The van der Waals surface area contributed by atoms with Crippen molar-refractivity contribution in [1.82, 2.24) is 0 Å². The maximum atomic E-state index is 11.3. The van der Waals surface area contributed by atoms with Crippen molar-refractivity contribution in [1.29, 1.82) is 0 Å². The van der Waals surface area contributed by atoms with Gasteiger partial charge in [0.15, 0.2) is 0 Å². The molecule has 0 aromatic carbocycles. The fourth-order valence-corrected chi connectivity index (χ4v) is 1.31. The number of esters is 4. The van der Waals surface area contributed by atoms with Crippen LogP contribution in [0, 0.1) is 0 Å². The normalized spacial score (nSPS) is 9.73. The zero-order valence-electron chi connectivity index (χ0n) is 12.9. The van der Waals surface area contributed by atoms with E-state index >= 15 is 0 Å². The lowest BCUT2D eigenvalue weighted by Crippen LogP contribution is -2.15. The molecule has 0 aliphatic rings. The second kappa shape index (κ2) is 12.6. The summed E-state index contributed by atoms with van der Waals surface area (Å²) in [6.45, 7) is 3.72. The summed E-state index contributed by atoms with van der Waals surface area (Å²) in [7, 11) is 0. The quantitative estimate of drug-likeness (QED) is 0.406. The van der Waals surface area contributed by atoms with E-state index in [1.54, 1.807) is 13.8 Å². The molecule has 0 atom stereocenters. The highest BCUT2D eigenvalue weighted by Crippen LogP contribution is 1.99. The van der Waals surface area contributed by atoms with Gasteiger partial charge in [0.25, 0.3) is 0 Å². The van der Waals surface area contributed by atoms with Crippen molar-refractivity contribution in [2.75, 3.05) is 26.4 Å². The van der Waals surface area contributed by atoms with Crippen molar-refractivity contribution in [2.45, 2.75) is 39.5 Å². The van der Waals surface area contributed by atoms with E-state index in [9.17, 15) is 19.2 Å². The van der Waals surface area contributed by atoms with Crippen LogP contribution in [0.2, 0.25) is 0 Å². The molecule has 0 amide bonds. The molecule has 0 heterocycles. The number of carbonyl (C=O) groups is 4. The molecule has 0 N–H and O–H groups in total. The number of hydrogen-bond acceptors (Lipinski definition) is 8. The molecule has 0 saturated carbocycles. The van der Waals surface area contributed by atoms with E-state index in [4.69, 9.17) is 9.47 Å². The van der Waals surface area contributed by atoms with Gasteiger partial charge in [0, 0.05) is 0 Å². The topological polar surface area (TPSA) is 105 Å². The lowest BCUT2D eigenvalue weighted by molar-refractivity contribution is -0.154. The number of hydrogen-bond donors (Lipinski definition) is 0. The van der Waals surface area contributed by atoms with E-state index in [1.165, 1.54) is 0 Å². The summed E-state index contributed by atoms with van der Waals surface area (Å²) in [6.07, 6.45) is -0.352. The summed E-state index contributed by atoms with van der Waals surface area (Å²) >= 11 is 0. The molecule has 0 bridgehead atoms. The Kier molecular flexibility index (Phi) is 11.4. The van der Waals surface area contributed by atoms with Crippen LogP contribution in [-0.2, 0) is 38.1 Å². The van der Waals surface area contributed by atoms with Crippen molar-refractivity contribution >= 4 is 23.9 Å². The van der Waals surface area contributed by atoms with Crippen molar-refractivity contribution in [3.63, 3.8) is 0 Å². The van der Waals surface area contributed by atoms with Gasteiger partial charge in [-0.05, 0) is 13.8 Å². The average Bonchev–Trinajstić information content (AvgIpc) is 2.45. The molecule has 0 radical (unpaired) electrons. The Labute approximate surface area is 129 Å². The van der Waals surface area contributed by atoms with Crippen molar-refractivity contribution in [2.24, 2.45) is 0 Å². The Hall–Kier alpha value is -2.12. The van der Waals surface area contributed by atoms with Gasteiger partial charge in [-0.15, -0.1) is 0 Å². The van der Waals surface area contributed by atoms with Crippen LogP contribution in [0.25, 0.3) is 0 Å². The van der Waals surface area contributed by atoms with Gasteiger partial charge in [-0.1, -0.05) is 0 Å². The van der Waals surface area contributed by atoms with Gasteiger partial charge in [0.1, 0.15) is 13.2 Å². The van der Waals surface area contributed by atoms with Crippen molar-refractivity contribution < 1.29 is 38.1 Å². The lowest BCUT2D eigenvalue weighted by Gasteiger charge is -2.06. The highest BCUT2D eigenvalue weighted by Gasteiger charge is 2.11. The number of carbonyl (C=O) groups excluding carboxylic acids is 4. The minimum Gasteiger partial charge on any atom is -0.466 e. The van der Waals surface area contributed by atoms with E-state index in [1.807, 2.05) is 0 Å². The standard InChI is InChI=1S/C14H22O8/c1-3-19-13(17)7-9-21-11(15)5-6-12(16)22-10-8-14(18)20-4-2/h3-10H2,1-2H3. The largest absolute Gasteiger partial charge is 0.466 e. The smallest absolute Gasteiger partial charge is 0.309 e. The van der Waals surface area contributed by atoms with Crippen LogP contribution in [0.5, 0.6) is 0 Å². The van der Waals surface area contributed by atoms with E-state index < -0.39 is 23.9 Å². The SMILES string of the molecule is CCOC(=O)CCOC(=O)CCC(=O)OCCC(=O)OCC. The molecule has 22 heavy (non-hydrogen) atoms. The molecular weight excluding hydrogens is 296 g/mol. The van der Waals surface area contributed by atoms with Gasteiger partial charge in [0.2, 0.25) is 0 Å². The van der Waals surface area contributed by atoms with Gasteiger partial charge >= 0.3 is 23.9 Å². The van der Waals surface area contributed by atoms with Crippen molar-refractivity contribution in [3.8, 4) is 0 Å². The van der Waals surface area contributed by atoms with E-state index in [0.717, 1.165) is 0 Å². The molecule has 0 rings (SSSR count). The Bertz CT molecular complexity index is 341. The average molecular weight is 318 g/mol. The first-order valence-electron chi connectivity index (χ1n) is 7.12. The third-order valence-corrected chi connectivity index (χ3v) is 2.28. The van der Waals surface area contributed by atoms with Crippen LogP contribution in [0.1, 0.15) is 39.5 Å². The summed E-state index contributed by atoms with van der Waals surface area (Å²) in [4.78, 5) is 44.6. The second-order valence-corrected chi connectivity index (χ2v) is 4.05. The van der Waals surface area contributed by atoms with Crippen LogP contribution < -0.4 is 0 Å². The molecular formula is C14H22O8. The van der Waals surface area contributed by atoms with Gasteiger partial charge in [-0.25, -0.2) is 0 Å². The van der Waals surface area contributed by atoms with Crippen LogP contribution in [0.15, 0.2) is 0 Å². The van der Waals surface area contributed by atoms with Gasteiger partial charge in [-0.3, -0.25) is 19.2 Å². The molecule has 0 saturated heterocycles. The Morgan fingerprint density at radius 1 is 0.545 bits per heavy atom. The minimum absolute atomic E-state index is 0.0242. The summed E-state index contributed by atoms with van der Waals surface area (Å²) in [6, 6.07) is 0. The first-order valence-corrected chi connectivity index (χ1v) is 7.12. The van der Waals surface area contributed by atoms with Crippen LogP contribution >= 0.6 is 0 Å². The van der Waals surface area contributed by atoms with Gasteiger partial charge in [-0.2, -0.15) is 0 Å².